The smallest absolute Gasteiger partial charge is 0.263 e. The first-order chi connectivity index (χ1) is 13.5. The molecular weight excluding hydrogens is 396 g/mol. The van der Waals surface area contributed by atoms with Gasteiger partial charge in [0, 0.05) is 12.1 Å². The number of para-hydroxylation sites is 1. The van der Waals surface area contributed by atoms with Gasteiger partial charge in [-0.3, -0.25) is 4.72 Å². The summed E-state index contributed by atoms with van der Waals surface area (Å²) in [4.78, 5) is 4.02. The molecule has 28 heavy (non-hydrogen) atoms. The molecule has 0 unspecified atom stereocenters. The maximum Gasteiger partial charge on any atom is 0.263 e. The van der Waals surface area contributed by atoms with Crippen molar-refractivity contribution < 1.29 is 13.5 Å². The van der Waals surface area contributed by atoms with Crippen LogP contribution in [0.15, 0.2) is 88.8 Å². The van der Waals surface area contributed by atoms with Crippen LogP contribution in [0.1, 0.15) is 11.1 Å². The second kappa shape index (κ2) is 8.91. The maximum atomic E-state index is 12.7. The Kier molecular flexibility index (Phi) is 6.34. The van der Waals surface area contributed by atoms with Crippen LogP contribution in [0.3, 0.4) is 0 Å². The number of rotatable bonds is 7. The molecule has 0 aliphatic rings. The number of aliphatic imine (C=N–C) groups is 1. The third-order valence-electron chi connectivity index (χ3n) is 4.03. The first-order valence-corrected chi connectivity index (χ1v) is 10.5. The first-order valence-electron chi connectivity index (χ1n) is 8.59. The summed E-state index contributed by atoms with van der Waals surface area (Å²) >= 11 is 6.00. The molecule has 7 heteroatoms. The van der Waals surface area contributed by atoms with Crippen LogP contribution in [0, 0.1) is 0 Å². The molecule has 0 aromatic heterocycles. The fourth-order valence-corrected chi connectivity index (χ4v) is 4.24. The molecular formula is C21H18ClN2O3S-. The molecule has 3 rings (SSSR count). The maximum absolute atomic E-state index is 12.7. The average Bonchev–Trinajstić information content (AvgIpc) is 2.69. The number of sulfonamides is 1. The van der Waals surface area contributed by atoms with E-state index < -0.39 is 15.9 Å². The van der Waals surface area contributed by atoms with Crippen molar-refractivity contribution in [3.8, 4) is 0 Å². The molecule has 0 amide bonds. The van der Waals surface area contributed by atoms with Gasteiger partial charge in [-0.1, -0.05) is 72.3 Å². The fourth-order valence-electron chi connectivity index (χ4n) is 2.64. The Bertz CT molecular complexity index is 1080. The largest absolute Gasteiger partial charge is 0.858 e. The van der Waals surface area contributed by atoms with Crippen LogP contribution in [0.5, 0.6) is 0 Å². The van der Waals surface area contributed by atoms with Gasteiger partial charge in [0.15, 0.2) is 0 Å². The third kappa shape index (κ3) is 4.91. The van der Waals surface area contributed by atoms with Gasteiger partial charge in [0.2, 0.25) is 0 Å². The Labute approximate surface area is 169 Å². The van der Waals surface area contributed by atoms with E-state index in [1.165, 1.54) is 18.2 Å². The SMILES string of the molecule is O=S(=O)(Nc1ccccc1C([O-])=NCCc1ccccc1)c1ccccc1Cl. The predicted molar refractivity (Wildman–Crippen MR) is 110 cm³/mol. The number of anilines is 1. The van der Waals surface area contributed by atoms with Gasteiger partial charge in [0.1, 0.15) is 4.90 Å². The van der Waals surface area contributed by atoms with E-state index in [2.05, 4.69) is 9.71 Å². The Balaban J connectivity index is 1.81. The van der Waals surface area contributed by atoms with Gasteiger partial charge in [-0.15, -0.1) is 0 Å². The van der Waals surface area contributed by atoms with Crippen LogP contribution in [-0.4, -0.2) is 20.9 Å². The highest BCUT2D eigenvalue weighted by molar-refractivity contribution is 7.92. The van der Waals surface area contributed by atoms with Crippen molar-refractivity contribution in [1.82, 2.24) is 0 Å². The highest BCUT2D eigenvalue weighted by Gasteiger charge is 2.18. The summed E-state index contributed by atoms with van der Waals surface area (Å²) in [5.74, 6) is -0.478. The third-order valence-corrected chi connectivity index (χ3v) is 5.89. The fraction of sp³-hybridized carbons (Fsp3) is 0.0952. The molecule has 5 nitrogen and oxygen atoms in total. The Hall–Kier alpha value is -2.83. The second-order valence-corrected chi connectivity index (χ2v) is 8.06. The van der Waals surface area contributed by atoms with E-state index in [-0.39, 0.29) is 21.2 Å². The minimum Gasteiger partial charge on any atom is -0.858 e. The summed E-state index contributed by atoms with van der Waals surface area (Å²) in [5, 5.41) is 12.6. The summed E-state index contributed by atoms with van der Waals surface area (Å²) in [6.07, 6.45) is 0.625. The summed E-state index contributed by atoms with van der Waals surface area (Å²) in [7, 11) is -3.94. The van der Waals surface area contributed by atoms with Gasteiger partial charge in [-0.05, 0) is 36.1 Å². The van der Waals surface area contributed by atoms with E-state index in [9.17, 15) is 13.5 Å². The van der Waals surface area contributed by atoms with Crippen LogP contribution >= 0.6 is 11.6 Å². The average molecular weight is 414 g/mol. The van der Waals surface area contributed by atoms with E-state index in [1.807, 2.05) is 30.3 Å². The van der Waals surface area contributed by atoms with Crippen molar-refractivity contribution in [2.75, 3.05) is 11.3 Å². The number of benzene rings is 3. The minimum absolute atomic E-state index is 0.0556. The minimum atomic E-state index is -3.94. The van der Waals surface area contributed by atoms with E-state index in [4.69, 9.17) is 11.6 Å². The molecule has 0 atom stereocenters. The van der Waals surface area contributed by atoms with E-state index >= 15 is 0 Å². The monoisotopic (exact) mass is 413 g/mol. The number of halogens is 1. The molecule has 144 valence electrons. The van der Waals surface area contributed by atoms with Crippen molar-refractivity contribution in [3.63, 3.8) is 0 Å². The van der Waals surface area contributed by atoms with Crippen molar-refractivity contribution in [3.05, 3.63) is 95.0 Å². The molecule has 0 fully saturated rings. The molecule has 0 heterocycles. The Morgan fingerprint density at radius 1 is 0.929 bits per heavy atom. The summed E-state index contributed by atoms with van der Waals surface area (Å²) < 4.78 is 27.8. The highest BCUT2D eigenvalue weighted by Crippen LogP contribution is 2.25. The molecule has 0 aliphatic carbocycles. The molecule has 3 aromatic carbocycles. The summed E-state index contributed by atoms with van der Waals surface area (Å²) in [6, 6.07) is 22.2. The summed E-state index contributed by atoms with van der Waals surface area (Å²) in [6.45, 7) is 0.314. The zero-order valence-electron chi connectivity index (χ0n) is 14.9. The van der Waals surface area contributed by atoms with Crippen LogP contribution in [0.2, 0.25) is 5.02 Å². The molecule has 0 saturated heterocycles. The zero-order chi connectivity index (χ0) is 20.0. The lowest BCUT2D eigenvalue weighted by Crippen LogP contribution is -2.23. The first kappa shape index (κ1) is 19.9. The van der Waals surface area contributed by atoms with Gasteiger partial charge in [-0.25, -0.2) is 8.42 Å². The normalized spacial score (nSPS) is 12.0. The van der Waals surface area contributed by atoms with Gasteiger partial charge in [0.25, 0.3) is 10.0 Å². The molecule has 0 saturated carbocycles. The number of nitrogens with one attached hydrogen (secondary N) is 1. The van der Waals surface area contributed by atoms with Gasteiger partial charge < -0.3 is 10.1 Å². The van der Waals surface area contributed by atoms with Crippen molar-refractivity contribution >= 4 is 33.2 Å². The molecule has 3 aromatic rings. The zero-order valence-corrected chi connectivity index (χ0v) is 16.5. The lowest BCUT2D eigenvalue weighted by molar-refractivity contribution is -0.213. The Morgan fingerprint density at radius 2 is 1.57 bits per heavy atom. The molecule has 0 aliphatic heterocycles. The van der Waals surface area contributed by atoms with Crippen molar-refractivity contribution in [2.24, 2.45) is 4.99 Å². The number of hydrogen-bond acceptors (Lipinski definition) is 4. The predicted octanol–water partition coefficient (Wildman–Crippen LogP) is 3.49. The standard InChI is InChI=1S/C21H19ClN2O3S/c22-18-11-5-7-13-20(18)28(26,27)24-19-12-6-4-10-17(19)21(25)23-15-14-16-8-2-1-3-9-16/h1-13,24H,14-15H2,(H,23,25)/p-1. The molecule has 1 N–H and O–H groups in total. The molecule has 0 spiro atoms. The van der Waals surface area contributed by atoms with Crippen molar-refractivity contribution in [2.45, 2.75) is 11.3 Å². The molecule has 0 radical (unpaired) electrons. The van der Waals surface area contributed by atoms with Crippen molar-refractivity contribution in [1.29, 1.82) is 0 Å². The quantitative estimate of drug-likeness (QED) is 0.475. The van der Waals surface area contributed by atoms with Crippen LogP contribution in [0.4, 0.5) is 5.69 Å². The Morgan fingerprint density at radius 3 is 2.32 bits per heavy atom. The van der Waals surface area contributed by atoms with Gasteiger partial charge in [-0.2, -0.15) is 0 Å². The highest BCUT2D eigenvalue weighted by atomic mass is 35.5. The summed E-state index contributed by atoms with van der Waals surface area (Å²) in [5.41, 5.74) is 1.42. The van der Waals surface area contributed by atoms with Crippen LogP contribution in [-0.2, 0) is 16.4 Å². The second-order valence-electron chi connectivity index (χ2n) is 6.00. The van der Waals surface area contributed by atoms with Gasteiger partial charge >= 0.3 is 0 Å². The van der Waals surface area contributed by atoms with Crippen LogP contribution in [0.25, 0.3) is 0 Å². The number of hydrogen-bond donors (Lipinski definition) is 1. The molecule has 0 bridgehead atoms. The van der Waals surface area contributed by atoms with E-state index in [0.717, 1.165) is 5.56 Å². The lowest BCUT2D eigenvalue weighted by atomic mass is 10.1. The lowest BCUT2D eigenvalue weighted by Gasteiger charge is -2.17. The number of nitrogens with zero attached hydrogens (tertiary/aromatic N) is 1. The van der Waals surface area contributed by atoms with E-state index in [0.29, 0.717) is 13.0 Å². The van der Waals surface area contributed by atoms with E-state index in [1.54, 1.807) is 30.3 Å². The van der Waals surface area contributed by atoms with Gasteiger partial charge in [0.05, 0.1) is 10.7 Å². The van der Waals surface area contributed by atoms with Crippen LogP contribution < -0.4 is 9.83 Å². The topological polar surface area (TPSA) is 81.6 Å².